The average molecular weight is 340 g/mol. The zero-order valence-electron chi connectivity index (χ0n) is 12.7. The van der Waals surface area contributed by atoms with Crippen molar-refractivity contribution in [1.29, 1.82) is 0 Å². The van der Waals surface area contributed by atoms with Gasteiger partial charge in [-0.1, -0.05) is 0 Å². The van der Waals surface area contributed by atoms with Gasteiger partial charge in [-0.15, -0.1) is 11.3 Å². The predicted octanol–water partition coefficient (Wildman–Crippen LogP) is 1.59. The Hall–Kier alpha value is -1.22. The summed E-state index contributed by atoms with van der Waals surface area (Å²) in [5.74, 6) is 0.917. The first kappa shape index (κ1) is 15.7. The minimum Gasteiger partial charge on any atom is -0.348 e. The Morgan fingerprint density at radius 1 is 1.27 bits per heavy atom. The van der Waals surface area contributed by atoms with E-state index in [1.54, 1.807) is 22.8 Å². The first-order chi connectivity index (χ1) is 10.5. The number of hydrogen-bond acceptors (Lipinski definition) is 5. The summed E-state index contributed by atoms with van der Waals surface area (Å²) in [5, 5.41) is 0. The van der Waals surface area contributed by atoms with Gasteiger partial charge < -0.3 is 4.98 Å². The fourth-order valence-electron chi connectivity index (χ4n) is 2.73. The van der Waals surface area contributed by atoms with E-state index in [-0.39, 0.29) is 0 Å². The number of rotatable bonds is 4. The molecule has 0 bridgehead atoms. The number of thiophene rings is 1. The molecule has 2 aromatic rings. The molecule has 8 heteroatoms. The van der Waals surface area contributed by atoms with Crippen LogP contribution in [0.25, 0.3) is 0 Å². The lowest BCUT2D eigenvalue weighted by Gasteiger charge is -2.33. The molecule has 1 N–H and O–H groups in total. The van der Waals surface area contributed by atoms with Gasteiger partial charge in [0.2, 0.25) is 10.0 Å². The number of aryl methyl sites for hydroxylation is 2. The van der Waals surface area contributed by atoms with Crippen LogP contribution in [-0.2, 0) is 16.6 Å². The van der Waals surface area contributed by atoms with Gasteiger partial charge in [0.25, 0.3) is 0 Å². The molecule has 0 radical (unpaired) electrons. The number of nitrogens with one attached hydrogen (secondary N) is 1. The molecule has 0 atom stereocenters. The molecule has 0 aliphatic carbocycles. The van der Waals surface area contributed by atoms with Crippen molar-refractivity contribution in [2.45, 2.75) is 25.3 Å². The van der Waals surface area contributed by atoms with Crippen LogP contribution in [0, 0.1) is 13.8 Å². The Kier molecular flexibility index (Phi) is 4.35. The van der Waals surface area contributed by atoms with Crippen LogP contribution in [-0.4, -0.2) is 53.8 Å². The molecule has 0 amide bonds. The van der Waals surface area contributed by atoms with E-state index >= 15 is 0 Å². The summed E-state index contributed by atoms with van der Waals surface area (Å²) in [4.78, 5) is 11.9. The van der Waals surface area contributed by atoms with Crippen molar-refractivity contribution in [3.8, 4) is 0 Å². The van der Waals surface area contributed by atoms with Crippen molar-refractivity contribution in [3.05, 3.63) is 34.0 Å². The molecule has 1 saturated heterocycles. The number of imidazole rings is 1. The van der Waals surface area contributed by atoms with Crippen LogP contribution < -0.4 is 0 Å². The molecule has 22 heavy (non-hydrogen) atoms. The van der Waals surface area contributed by atoms with Crippen molar-refractivity contribution >= 4 is 21.4 Å². The van der Waals surface area contributed by atoms with Gasteiger partial charge in [0.05, 0.1) is 11.4 Å². The van der Waals surface area contributed by atoms with Crippen LogP contribution in [0.1, 0.15) is 15.6 Å². The maximum atomic E-state index is 12.7. The Labute approximate surface area is 134 Å². The number of nitrogens with zero attached hydrogens (tertiary/aromatic N) is 3. The third-order valence-corrected chi connectivity index (χ3v) is 6.99. The number of sulfonamides is 1. The second-order valence-corrected chi connectivity index (χ2v) is 8.86. The van der Waals surface area contributed by atoms with Gasteiger partial charge in [-0.3, -0.25) is 4.90 Å². The minimum absolute atomic E-state index is 0.467. The van der Waals surface area contributed by atoms with E-state index in [1.165, 1.54) is 11.3 Å². The highest BCUT2D eigenvalue weighted by Crippen LogP contribution is 2.28. The second-order valence-electron chi connectivity index (χ2n) is 5.49. The number of H-pyrrole nitrogens is 1. The molecule has 0 spiro atoms. The van der Waals surface area contributed by atoms with Crippen LogP contribution in [0.5, 0.6) is 0 Å². The topological polar surface area (TPSA) is 69.3 Å². The van der Waals surface area contributed by atoms with Crippen LogP contribution in [0.4, 0.5) is 0 Å². The van der Waals surface area contributed by atoms with Crippen molar-refractivity contribution in [1.82, 2.24) is 19.2 Å². The van der Waals surface area contributed by atoms with E-state index in [4.69, 9.17) is 0 Å². The molecule has 0 aromatic carbocycles. The van der Waals surface area contributed by atoms with Crippen molar-refractivity contribution in [2.24, 2.45) is 0 Å². The molecule has 0 saturated carbocycles. The zero-order chi connectivity index (χ0) is 15.7. The summed E-state index contributed by atoms with van der Waals surface area (Å²) >= 11 is 1.53. The second kappa shape index (κ2) is 6.11. The minimum atomic E-state index is -3.36. The smallest absolute Gasteiger partial charge is 0.244 e. The van der Waals surface area contributed by atoms with Gasteiger partial charge >= 0.3 is 0 Å². The molecular weight excluding hydrogens is 320 g/mol. The lowest BCUT2D eigenvalue weighted by atomic mass is 10.3. The number of aromatic amines is 1. The molecule has 1 aliphatic rings. The number of piperazine rings is 1. The maximum absolute atomic E-state index is 12.7. The SMILES string of the molecule is Cc1cc(S(=O)(=O)N2CCN(Cc3ncc[nH]3)CC2)c(C)s1. The molecule has 0 unspecified atom stereocenters. The Morgan fingerprint density at radius 2 is 2.00 bits per heavy atom. The lowest BCUT2D eigenvalue weighted by molar-refractivity contribution is 0.178. The summed E-state index contributed by atoms with van der Waals surface area (Å²) in [6, 6.07) is 1.78. The quantitative estimate of drug-likeness (QED) is 0.918. The predicted molar refractivity (Wildman–Crippen MR) is 86.4 cm³/mol. The summed E-state index contributed by atoms with van der Waals surface area (Å²) in [5.41, 5.74) is 0. The fourth-order valence-corrected chi connectivity index (χ4v) is 5.67. The van der Waals surface area contributed by atoms with Crippen molar-refractivity contribution < 1.29 is 8.42 Å². The maximum Gasteiger partial charge on any atom is 0.244 e. The highest BCUT2D eigenvalue weighted by atomic mass is 32.2. The fraction of sp³-hybridized carbons (Fsp3) is 0.500. The third-order valence-electron chi connectivity index (χ3n) is 3.87. The molecule has 1 aliphatic heterocycles. The summed E-state index contributed by atoms with van der Waals surface area (Å²) < 4.78 is 27.1. The van der Waals surface area contributed by atoms with E-state index in [0.29, 0.717) is 18.0 Å². The molecule has 6 nitrogen and oxygen atoms in total. The Morgan fingerprint density at radius 3 is 2.55 bits per heavy atom. The first-order valence-electron chi connectivity index (χ1n) is 7.24. The highest BCUT2D eigenvalue weighted by Gasteiger charge is 2.30. The van der Waals surface area contributed by atoms with Gasteiger partial charge in [-0.05, 0) is 19.9 Å². The molecule has 3 rings (SSSR count). The van der Waals surface area contributed by atoms with E-state index < -0.39 is 10.0 Å². The third kappa shape index (κ3) is 3.10. The first-order valence-corrected chi connectivity index (χ1v) is 9.50. The monoisotopic (exact) mass is 340 g/mol. The highest BCUT2D eigenvalue weighted by molar-refractivity contribution is 7.89. The van der Waals surface area contributed by atoms with Crippen LogP contribution >= 0.6 is 11.3 Å². The van der Waals surface area contributed by atoms with Crippen LogP contribution in [0.2, 0.25) is 0 Å². The number of aromatic nitrogens is 2. The van der Waals surface area contributed by atoms with E-state index in [2.05, 4.69) is 14.9 Å². The average Bonchev–Trinajstić information content (AvgIpc) is 3.09. The molecule has 2 aromatic heterocycles. The van der Waals surface area contributed by atoms with Crippen molar-refractivity contribution in [2.75, 3.05) is 26.2 Å². The van der Waals surface area contributed by atoms with Gasteiger partial charge in [-0.2, -0.15) is 4.31 Å². The Bertz CT molecular complexity index is 729. The molecular formula is C14H20N4O2S2. The summed E-state index contributed by atoms with van der Waals surface area (Å²) in [6.45, 7) is 7.05. The largest absolute Gasteiger partial charge is 0.348 e. The van der Waals surface area contributed by atoms with E-state index in [9.17, 15) is 8.42 Å². The van der Waals surface area contributed by atoms with Gasteiger partial charge in [0, 0.05) is 48.3 Å². The van der Waals surface area contributed by atoms with Gasteiger partial charge in [-0.25, -0.2) is 13.4 Å². The van der Waals surface area contributed by atoms with Crippen LogP contribution in [0.3, 0.4) is 0 Å². The summed E-state index contributed by atoms with van der Waals surface area (Å²) in [7, 11) is -3.36. The Balaban J connectivity index is 1.66. The lowest BCUT2D eigenvalue weighted by Crippen LogP contribution is -2.48. The van der Waals surface area contributed by atoms with Crippen LogP contribution in [0.15, 0.2) is 23.4 Å². The molecule has 120 valence electrons. The standard InChI is InChI=1S/C14H20N4O2S2/c1-11-9-13(12(2)21-11)22(19,20)18-7-5-17(6-8-18)10-14-15-3-4-16-14/h3-4,9H,5-8,10H2,1-2H3,(H,15,16). The van der Waals surface area contributed by atoms with Gasteiger partial charge in [0.15, 0.2) is 0 Å². The van der Waals surface area contributed by atoms with E-state index in [1.807, 2.05) is 13.8 Å². The molecule has 3 heterocycles. The van der Waals surface area contributed by atoms with Crippen molar-refractivity contribution in [3.63, 3.8) is 0 Å². The number of hydrogen-bond donors (Lipinski definition) is 1. The zero-order valence-corrected chi connectivity index (χ0v) is 14.4. The van der Waals surface area contributed by atoms with E-state index in [0.717, 1.165) is 35.2 Å². The molecule has 1 fully saturated rings. The normalized spacial score (nSPS) is 17.9. The summed E-state index contributed by atoms with van der Waals surface area (Å²) in [6.07, 6.45) is 3.54. The van der Waals surface area contributed by atoms with Gasteiger partial charge in [0.1, 0.15) is 5.82 Å².